The van der Waals surface area contributed by atoms with E-state index in [1.807, 2.05) is 12.1 Å². The van der Waals surface area contributed by atoms with Crippen molar-refractivity contribution < 1.29 is 4.39 Å². The fraction of sp³-hybridized carbons (Fsp3) is 0.538. The average Bonchev–Trinajstić information content (AvgIpc) is 2.33. The van der Waals surface area contributed by atoms with Crippen LogP contribution in [0.25, 0.3) is 0 Å². The zero-order valence-electron chi connectivity index (χ0n) is 9.92. The van der Waals surface area contributed by atoms with E-state index in [1.165, 1.54) is 25.0 Å². The fourth-order valence-corrected chi connectivity index (χ4v) is 2.12. The Morgan fingerprint density at radius 1 is 1.29 bits per heavy atom. The van der Waals surface area contributed by atoms with E-state index in [-0.39, 0.29) is 18.2 Å². The minimum absolute atomic E-state index is 0. The number of piperidine rings is 1. The largest absolute Gasteiger partial charge is 0.316 e. The van der Waals surface area contributed by atoms with Crippen molar-refractivity contribution in [3.05, 3.63) is 35.6 Å². The number of hydrogen-bond donors (Lipinski definition) is 2. The number of nitrogens with one attached hydrogen (secondary N) is 2. The first-order valence-corrected chi connectivity index (χ1v) is 6.00. The third-order valence-electron chi connectivity index (χ3n) is 3.07. The van der Waals surface area contributed by atoms with Crippen molar-refractivity contribution in [3.63, 3.8) is 0 Å². The highest BCUT2D eigenvalue weighted by atomic mass is 35.5. The van der Waals surface area contributed by atoms with Crippen LogP contribution in [0.4, 0.5) is 4.39 Å². The molecule has 2 rings (SSSR count). The molecule has 1 aliphatic heterocycles. The van der Waals surface area contributed by atoms with Crippen LogP contribution in [0.5, 0.6) is 0 Å². The van der Waals surface area contributed by atoms with Gasteiger partial charge in [0.1, 0.15) is 5.82 Å². The summed E-state index contributed by atoms with van der Waals surface area (Å²) in [6, 6.07) is 6.70. The predicted molar refractivity (Wildman–Crippen MR) is 70.9 cm³/mol. The summed E-state index contributed by atoms with van der Waals surface area (Å²) in [5.74, 6) is 0.578. The molecule has 1 fully saturated rings. The van der Waals surface area contributed by atoms with E-state index in [1.54, 1.807) is 0 Å². The predicted octanol–water partition coefficient (Wildman–Crippen LogP) is 2.34. The summed E-state index contributed by atoms with van der Waals surface area (Å²) in [4.78, 5) is 0. The molecule has 0 aliphatic carbocycles. The standard InChI is InChI=1S/C13H19FN2.ClH/c14-13-5-3-11(4-6-13)8-16-10-12-2-1-7-15-9-12;/h3-6,12,15-16H,1-2,7-10H2;1H. The van der Waals surface area contributed by atoms with Crippen LogP contribution in [-0.2, 0) is 6.54 Å². The highest BCUT2D eigenvalue weighted by molar-refractivity contribution is 5.85. The van der Waals surface area contributed by atoms with Gasteiger partial charge in [-0.1, -0.05) is 12.1 Å². The van der Waals surface area contributed by atoms with Crippen LogP contribution >= 0.6 is 12.4 Å². The molecule has 17 heavy (non-hydrogen) atoms. The first-order chi connectivity index (χ1) is 7.84. The molecule has 1 unspecified atom stereocenters. The Balaban J connectivity index is 0.00000144. The van der Waals surface area contributed by atoms with Crippen LogP contribution in [-0.4, -0.2) is 19.6 Å². The van der Waals surface area contributed by atoms with E-state index < -0.39 is 0 Å². The van der Waals surface area contributed by atoms with Gasteiger partial charge in [0, 0.05) is 6.54 Å². The molecule has 2 nitrogen and oxygen atoms in total. The molecule has 0 amide bonds. The Morgan fingerprint density at radius 3 is 2.71 bits per heavy atom. The molecular formula is C13H20ClFN2. The van der Waals surface area contributed by atoms with Crippen LogP contribution in [0, 0.1) is 11.7 Å². The van der Waals surface area contributed by atoms with Crippen molar-refractivity contribution in [1.82, 2.24) is 10.6 Å². The zero-order valence-corrected chi connectivity index (χ0v) is 10.7. The Kier molecular flexibility index (Phi) is 6.48. The SMILES string of the molecule is Cl.Fc1ccc(CNCC2CCCNC2)cc1. The summed E-state index contributed by atoms with van der Waals surface area (Å²) < 4.78 is 12.7. The first kappa shape index (κ1) is 14.4. The van der Waals surface area contributed by atoms with Gasteiger partial charge in [0.15, 0.2) is 0 Å². The first-order valence-electron chi connectivity index (χ1n) is 6.00. The number of halogens is 2. The van der Waals surface area contributed by atoms with Crippen LogP contribution in [0.3, 0.4) is 0 Å². The maximum Gasteiger partial charge on any atom is 0.123 e. The molecule has 0 radical (unpaired) electrons. The maximum atomic E-state index is 12.7. The third-order valence-corrected chi connectivity index (χ3v) is 3.07. The normalized spacial score (nSPS) is 19.7. The van der Waals surface area contributed by atoms with Gasteiger partial charge < -0.3 is 10.6 Å². The molecule has 1 aromatic rings. The highest BCUT2D eigenvalue weighted by Crippen LogP contribution is 2.09. The van der Waals surface area contributed by atoms with Crippen molar-refractivity contribution in [1.29, 1.82) is 0 Å². The van der Waals surface area contributed by atoms with E-state index in [9.17, 15) is 4.39 Å². The van der Waals surface area contributed by atoms with Crippen molar-refractivity contribution in [2.75, 3.05) is 19.6 Å². The van der Waals surface area contributed by atoms with E-state index in [0.29, 0.717) is 0 Å². The van der Waals surface area contributed by atoms with E-state index >= 15 is 0 Å². The van der Waals surface area contributed by atoms with Crippen molar-refractivity contribution >= 4 is 12.4 Å². The van der Waals surface area contributed by atoms with Gasteiger partial charge in [0.05, 0.1) is 0 Å². The van der Waals surface area contributed by atoms with Gasteiger partial charge in [0.25, 0.3) is 0 Å². The Labute approximate surface area is 108 Å². The lowest BCUT2D eigenvalue weighted by molar-refractivity contribution is 0.360. The molecule has 0 spiro atoms. The number of rotatable bonds is 4. The second-order valence-electron chi connectivity index (χ2n) is 4.47. The van der Waals surface area contributed by atoms with Gasteiger partial charge >= 0.3 is 0 Å². The van der Waals surface area contributed by atoms with Crippen LogP contribution in [0.1, 0.15) is 18.4 Å². The van der Waals surface area contributed by atoms with Gasteiger partial charge in [-0.25, -0.2) is 4.39 Å². The van der Waals surface area contributed by atoms with Crippen LogP contribution in [0.2, 0.25) is 0 Å². The van der Waals surface area contributed by atoms with Crippen molar-refractivity contribution in [3.8, 4) is 0 Å². The molecule has 0 saturated carbocycles. The van der Waals surface area contributed by atoms with Gasteiger partial charge in [-0.05, 0) is 56.1 Å². The van der Waals surface area contributed by atoms with Gasteiger partial charge in [-0.2, -0.15) is 0 Å². The topological polar surface area (TPSA) is 24.1 Å². The lowest BCUT2D eigenvalue weighted by Crippen LogP contribution is -2.35. The van der Waals surface area contributed by atoms with Crippen LogP contribution < -0.4 is 10.6 Å². The molecule has 0 bridgehead atoms. The molecule has 4 heteroatoms. The second kappa shape index (κ2) is 7.64. The summed E-state index contributed by atoms with van der Waals surface area (Å²) in [5, 5.41) is 6.83. The molecule has 1 aromatic carbocycles. The van der Waals surface area contributed by atoms with Crippen LogP contribution in [0.15, 0.2) is 24.3 Å². The van der Waals surface area contributed by atoms with Crippen molar-refractivity contribution in [2.45, 2.75) is 19.4 Å². The monoisotopic (exact) mass is 258 g/mol. The van der Waals surface area contributed by atoms with Gasteiger partial charge in [-0.3, -0.25) is 0 Å². The quantitative estimate of drug-likeness (QED) is 0.866. The molecule has 1 saturated heterocycles. The highest BCUT2D eigenvalue weighted by Gasteiger charge is 2.11. The molecule has 1 heterocycles. The smallest absolute Gasteiger partial charge is 0.123 e. The Hall–Kier alpha value is -0.640. The fourth-order valence-electron chi connectivity index (χ4n) is 2.12. The summed E-state index contributed by atoms with van der Waals surface area (Å²) in [5.41, 5.74) is 1.14. The average molecular weight is 259 g/mol. The van der Waals surface area contributed by atoms with Crippen molar-refractivity contribution in [2.24, 2.45) is 5.92 Å². The minimum atomic E-state index is -0.166. The number of hydrogen-bond acceptors (Lipinski definition) is 2. The number of benzene rings is 1. The van der Waals surface area contributed by atoms with Gasteiger partial charge in [0.2, 0.25) is 0 Å². The summed E-state index contributed by atoms with van der Waals surface area (Å²) in [6.45, 7) is 4.16. The summed E-state index contributed by atoms with van der Waals surface area (Å²) in [7, 11) is 0. The Morgan fingerprint density at radius 2 is 2.06 bits per heavy atom. The molecule has 1 atom stereocenters. The van der Waals surface area contributed by atoms with E-state index in [4.69, 9.17) is 0 Å². The zero-order chi connectivity index (χ0) is 11.2. The van der Waals surface area contributed by atoms with Gasteiger partial charge in [-0.15, -0.1) is 12.4 Å². The molecule has 0 aromatic heterocycles. The molecule has 96 valence electrons. The third kappa shape index (κ3) is 5.02. The minimum Gasteiger partial charge on any atom is -0.316 e. The summed E-state index contributed by atoms with van der Waals surface area (Å²) >= 11 is 0. The molecular weight excluding hydrogens is 239 g/mol. The lowest BCUT2D eigenvalue weighted by atomic mass is 10.00. The molecule has 2 N–H and O–H groups in total. The summed E-state index contributed by atoms with van der Waals surface area (Å²) in [6.07, 6.45) is 2.59. The molecule has 1 aliphatic rings. The lowest BCUT2D eigenvalue weighted by Gasteiger charge is -2.22. The van der Waals surface area contributed by atoms with E-state index in [0.717, 1.165) is 37.7 Å². The Bertz CT molecular complexity index is 310. The van der Waals surface area contributed by atoms with E-state index in [2.05, 4.69) is 10.6 Å². The second-order valence-corrected chi connectivity index (χ2v) is 4.47. The maximum absolute atomic E-state index is 12.7.